The fourth-order valence-electron chi connectivity index (χ4n) is 3.39. The lowest BCUT2D eigenvalue weighted by atomic mass is 9.95. The molecule has 2 aromatic rings. The van der Waals surface area contributed by atoms with Crippen molar-refractivity contribution in [2.75, 3.05) is 6.61 Å². The Morgan fingerprint density at radius 3 is 2.46 bits per heavy atom. The summed E-state index contributed by atoms with van der Waals surface area (Å²) < 4.78 is 11.1. The molecule has 0 bridgehead atoms. The minimum Gasteiger partial charge on any atom is -0.508 e. The Bertz CT molecular complexity index is 819. The van der Waals surface area contributed by atoms with Crippen LogP contribution in [0.15, 0.2) is 42.5 Å². The van der Waals surface area contributed by atoms with Crippen molar-refractivity contribution in [3.63, 3.8) is 0 Å². The lowest BCUT2D eigenvalue weighted by Gasteiger charge is -2.13. The summed E-state index contributed by atoms with van der Waals surface area (Å²) in [5, 5.41) is 9.79. The van der Waals surface area contributed by atoms with E-state index >= 15 is 0 Å². The molecule has 2 aromatic carbocycles. The molecule has 1 fully saturated rings. The van der Waals surface area contributed by atoms with Gasteiger partial charge in [-0.3, -0.25) is 4.79 Å². The second-order valence-electron chi connectivity index (χ2n) is 7.14. The first kappa shape index (κ1) is 19.9. The average molecular weight is 382 g/mol. The normalized spacial score (nSPS) is 14.0. The highest BCUT2D eigenvalue weighted by Crippen LogP contribution is 2.33. The highest BCUT2D eigenvalue weighted by molar-refractivity contribution is 6.02. The van der Waals surface area contributed by atoms with Crippen LogP contribution in [-0.4, -0.2) is 23.5 Å². The van der Waals surface area contributed by atoms with Crippen LogP contribution < -0.4 is 9.47 Å². The van der Waals surface area contributed by atoms with Gasteiger partial charge in [-0.15, -0.1) is 0 Å². The zero-order valence-corrected chi connectivity index (χ0v) is 16.1. The number of benzene rings is 2. The summed E-state index contributed by atoms with van der Waals surface area (Å²) in [4.78, 5) is 25.3. The van der Waals surface area contributed by atoms with Gasteiger partial charge in [0.1, 0.15) is 17.2 Å². The summed E-state index contributed by atoms with van der Waals surface area (Å²) in [5.41, 5.74) is 0.634. The average Bonchev–Trinajstić information content (AvgIpc) is 3.24. The number of unbranched alkanes of at least 4 members (excludes halogenated alkanes) is 1. The van der Waals surface area contributed by atoms with Crippen LogP contribution in [0, 0.1) is 5.92 Å². The molecule has 0 atom stereocenters. The van der Waals surface area contributed by atoms with E-state index in [4.69, 9.17) is 9.47 Å². The van der Waals surface area contributed by atoms with Crippen molar-refractivity contribution in [1.82, 2.24) is 0 Å². The predicted molar refractivity (Wildman–Crippen MR) is 106 cm³/mol. The molecule has 148 valence electrons. The molecule has 5 nitrogen and oxygen atoms in total. The quantitative estimate of drug-likeness (QED) is 0.295. The molecular weight excluding hydrogens is 356 g/mol. The van der Waals surface area contributed by atoms with Crippen LogP contribution in [0.1, 0.15) is 66.2 Å². The van der Waals surface area contributed by atoms with Gasteiger partial charge in [0.25, 0.3) is 0 Å². The van der Waals surface area contributed by atoms with E-state index in [1.165, 1.54) is 18.2 Å². The number of ether oxygens (including phenoxy) is 2. The molecule has 0 amide bonds. The minimum atomic E-state index is -0.550. The molecule has 28 heavy (non-hydrogen) atoms. The van der Waals surface area contributed by atoms with Crippen molar-refractivity contribution >= 4 is 11.8 Å². The Morgan fingerprint density at radius 2 is 1.79 bits per heavy atom. The van der Waals surface area contributed by atoms with E-state index in [0.29, 0.717) is 17.9 Å². The molecule has 1 saturated carbocycles. The van der Waals surface area contributed by atoms with Crippen molar-refractivity contribution in [2.24, 2.45) is 5.92 Å². The summed E-state index contributed by atoms with van der Waals surface area (Å²) in [5.74, 6) is 0.172. The van der Waals surface area contributed by atoms with Crippen LogP contribution in [-0.2, 0) is 0 Å². The van der Waals surface area contributed by atoms with E-state index in [9.17, 15) is 14.7 Å². The molecule has 0 unspecified atom stereocenters. The first-order valence-corrected chi connectivity index (χ1v) is 9.90. The molecule has 1 aliphatic carbocycles. The lowest BCUT2D eigenvalue weighted by molar-refractivity contribution is 0.0731. The number of hydrogen-bond acceptors (Lipinski definition) is 5. The highest BCUT2D eigenvalue weighted by atomic mass is 16.5. The highest BCUT2D eigenvalue weighted by Gasteiger charge is 2.27. The third-order valence-electron chi connectivity index (χ3n) is 5.01. The number of Topliss-reactive ketones (excluding diaryl/α,β-unsaturated/α-hetero) is 1. The van der Waals surface area contributed by atoms with Gasteiger partial charge >= 0.3 is 5.97 Å². The Morgan fingerprint density at radius 1 is 1.07 bits per heavy atom. The molecule has 1 aliphatic rings. The zero-order valence-electron chi connectivity index (χ0n) is 16.1. The molecular formula is C23H26O5. The van der Waals surface area contributed by atoms with E-state index in [1.54, 1.807) is 24.3 Å². The summed E-state index contributed by atoms with van der Waals surface area (Å²) in [6.07, 6.45) is 5.75. The number of ketones is 1. The van der Waals surface area contributed by atoms with Gasteiger partial charge in [0.15, 0.2) is 5.78 Å². The molecule has 3 rings (SSSR count). The van der Waals surface area contributed by atoms with Gasteiger partial charge in [-0.25, -0.2) is 4.79 Å². The molecule has 5 heteroatoms. The van der Waals surface area contributed by atoms with Gasteiger partial charge in [0, 0.05) is 5.92 Å². The van der Waals surface area contributed by atoms with Crippen molar-refractivity contribution in [1.29, 1.82) is 0 Å². The van der Waals surface area contributed by atoms with Gasteiger partial charge in [-0.1, -0.05) is 26.2 Å². The van der Waals surface area contributed by atoms with E-state index in [-0.39, 0.29) is 28.8 Å². The lowest BCUT2D eigenvalue weighted by Crippen LogP contribution is -2.15. The van der Waals surface area contributed by atoms with Crippen LogP contribution >= 0.6 is 0 Å². The Balaban J connectivity index is 1.72. The molecule has 0 radical (unpaired) electrons. The number of carbonyl (C=O) groups is 2. The fourth-order valence-corrected chi connectivity index (χ4v) is 3.39. The van der Waals surface area contributed by atoms with E-state index < -0.39 is 5.97 Å². The Labute approximate surface area is 165 Å². The number of esters is 1. The Kier molecular flexibility index (Phi) is 6.69. The maximum Gasteiger partial charge on any atom is 0.343 e. The third kappa shape index (κ3) is 4.91. The first-order valence-electron chi connectivity index (χ1n) is 9.90. The zero-order chi connectivity index (χ0) is 19.9. The van der Waals surface area contributed by atoms with Crippen LogP contribution in [0.5, 0.6) is 17.2 Å². The van der Waals surface area contributed by atoms with Crippen LogP contribution in [0.3, 0.4) is 0 Å². The molecule has 0 aliphatic heterocycles. The van der Waals surface area contributed by atoms with E-state index in [2.05, 4.69) is 6.92 Å². The number of rotatable bonds is 8. The molecule has 1 N–H and O–H groups in total. The largest absolute Gasteiger partial charge is 0.508 e. The first-order chi connectivity index (χ1) is 13.6. The predicted octanol–water partition coefficient (Wildman–Crippen LogP) is 5.16. The molecule has 0 saturated heterocycles. The van der Waals surface area contributed by atoms with Crippen molar-refractivity contribution in [2.45, 2.75) is 45.4 Å². The Hall–Kier alpha value is -2.82. The minimum absolute atomic E-state index is 0.0188. The smallest absolute Gasteiger partial charge is 0.343 e. The second-order valence-corrected chi connectivity index (χ2v) is 7.14. The van der Waals surface area contributed by atoms with E-state index in [1.807, 2.05) is 0 Å². The number of carbonyl (C=O) groups excluding carboxylic acids is 2. The van der Waals surface area contributed by atoms with Gasteiger partial charge in [0.2, 0.25) is 0 Å². The topological polar surface area (TPSA) is 72.8 Å². The summed E-state index contributed by atoms with van der Waals surface area (Å²) in [7, 11) is 0. The number of phenols is 1. The molecule has 0 heterocycles. The standard InChI is InChI=1S/C23H26O5/c1-2-3-14-27-19-11-8-17(9-12-19)23(26)28-21-13-10-18(24)15-20(21)22(25)16-6-4-5-7-16/h8-13,15-16,24H,2-7,14H2,1H3. The summed E-state index contributed by atoms with van der Waals surface area (Å²) in [6.45, 7) is 2.73. The molecule has 0 aromatic heterocycles. The SMILES string of the molecule is CCCCOc1ccc(C(=O)Oc2ccc(O)cc2C(=O)C2CCCC2)cc1. The van der Waals surface area contributed by atoms with Crippen LogP contribution in [0.25, 0.3) is 0 Å². The van der Waals surface area contributed by atoms with Crippen LogP contribution in [0.2, 0.25) is 0 Å². The second kappa shape index (κ2) is 9.40. The molecule has 0 spiro atoms. The maximum absolute atomic E-state index is 12.8. The fraction of sp³-hybridized carbons (Fsp3) is 0.391. The van der Waals surface area contributed by atoms with Gasteiger partial charge in [-0.05, 0) is 61.7 Å². The van der Waals surface area contributed by atoms with Gasteiger partial charge < -0.3 is 14.6 Å². The van der Waals surface area contributed by atoms with Gasteiger partial charge in [-0.2, -0.15) is 0 Å². The van der Waals surface area contributed by atoms with Crippen molar-refractivity contribution < 1.29 is 24.2 Å². The van der Waals surface area contributed by atoms with Gasteiger partial charge in [0.05, 0.1) is 17.7 Å². The number of phenolic OH excluding ortho intramolecular Hbond substituents is 1. The van der Waals surface area contributed by atoms with Crippen LogP contribution in [0.4, 0.5) is 0 Å². The summed E-state index contributed by atoms with van der Waals surface area (Å²) in [6, 6.07) is 11.0. The summed E-state index contributed by atoms with van der Waals surface area (Å²) >= 11 is 0. The van der Waals surface area contributed by atoms with Crippen molar-refractivity contribution in [3.8, 4) is 17.2 Å². The van der Waals surface area contributed by atoms with Crippen molar-refractivity contribution in [3.05, 3.63) is 53.6 Å². The third-order valence-corrected chi connectivity index (χ3v) is 5.01. The number of hydrogen-bond donors (Lipinski definition) is 1. The number of aromatic hydroxyl groups is 1. The maximum atomic E-state index is 12.8. The monoisotopic (exact) mass is 382 g/mol. The van der Waals surface area contributed by atoms with E-state index in [0.717, 1.165) is 38.5 Å².